The molecule has 0 aliphatic heterocycles. The fourth-order valence-corrected chi connectivity index (χ4v) is 2.36. The molecule has 0 aliphatic rings. The normalized spacial score (nSPS) is 10.8. The van der Waals surface area contributed by atoms with E-state index >= 15 is 0 Å². The van der Waals surface area contributed by atoms with Crippen molar-refractivity contribution in [3.63, 3.8) is 0 Å². The van der Waals surface area contributed by atoms with Crippen LogP contribution in [0.4, 0.5) is 5.69 Å². The summed E-state index contributed by atoms with van der Waals surface area (Å²) in [6, 6.07) is 14.9. The Kier molecular flexibility index (Phi) is 4.11. The van der Waals surface area contributed by atoms with E-state index in [0.29, 0.717) is 5.69 Å². The number of hydrogen-bond acceptors (Lipinski definition) is 3. The summed E-state index contributed by atoms with van der Waals surface area (Å²) in [5.74, 6) is -0.389. The number of amides is 1. The Balaban J connectivity index is 2.16. The Hall–Kier alpha value is -2.38. The van der Waals surface area contributed by atoms with Gasteiger partial charge in [0.2, 0.25) is 0 Å². The molecule has 1 N–H and O–H groups in total. The van der Waals surface area contributed by atoms with Crippen LogP contribution in [0.25, 0.3) is 6.08 Å². The lowest BCUT2D eigenvalue weighted by Crippen LogP contribution is -2.13. The first-order chi connectivity index (χ1) is 9.19. The number of rotatable bonds is 3. The molecular formula is C15H12N2OS. The van der Waals surface area contributed by atoms with Crippen molar-refractivity contribution in [2.24, 2.45) is 0 Å². The molecular weight excluding hydrogens is 256 g/mol. The van der Waals surface area contributed by atoms with E-state index in [2.05, 4.69) is 5.32 Å². The van der Waals surface area contributed by atoms with Crippen LogP contribution < -0.4 is 5.32 Å². The van der Waals surface area contributed by atoms with Crippen molar-refractivity contribution in [2.75, 3.05) is 5.32 Å². The number of nitrogens with one attached hydrogen (secondary N) is 1. The number of carbonyl (C=O) groups is 1. The van der Waals surface area contributed by atoms with Gasteiger partial charge >= 0.3 is 0 Å². The molecule has 4 heteroatoms. The average molecular weight is 268 g/mol. The molecule has 1 aromatic heterocycles. The molecule has 0 saturated heterocycles. The molecule has 19 heavy (non-hydrogen) atoms. The van der Waals surface area contributed by atoms with E-state index in [1.165, 1.54) is 0 Å². The number of anilines is 1. The highest BCUT2D eigenvalue weighted by Crippen LogP contribution is 2.18. The highest BCUT2D eigenvalue weighted by molar-refractivity contribution is 7.12. The van der Waals surface area contributed by atoms with Gasteiger partial charge in [-0.1, -0.05) is 18.2 Å². The summed E-state index contributed by atoms with van der Waals surface area (Å²) in [5, 5.41) is 11.8. The summed E-state index contributed by atoms with van der Waals surface area (Å²) in [6.07, 6.45) is 1.61. The lowest BCUT2D eigenvalue weighted by molar-refractivity contribution is -0.112. The number of hydrogen-bond donors (Lipinski definition) is 1. The smallest absolute Gasteiger partial charge is 0.266 e. The van der Waals surface area contributed by atoms with Gasteiger partial charge in [0.25, 0.3) is 5.91 Å². The maximum Gasteiger partial charge on any atom is 0.266 e. The molecule has 1 aromatic carbocycles. The highest BCUT2D eigenvalue weighted by atomic mass is 32.1. The lowest BCUT2D eigenvalue weighted by Gasteiger charge is -2.03. The van der Waals surface area contributed by atoms with Crippen molar-refractivity contribution < 1.29 is 4.79 Å². The van der Waals surface area contributed by atoms with Crippen molar-refractivity contribution in [3.05, 3.63) is 57.8 Å². The Morgan fingerprint density at radius 1 is 1.26 bits per heavy atom. The Bertz CT molecular complexity index is 650. The van der Waals surface area contributed by atoms with Gasteiger partial charge in [0, 0.05) is 15.4 Å². The zero-order valence-corrected chi connectivity index (χ0v) is 11.2. The first-order valence-electron chi connectivity index (χ1n) is 5.73. The standard InChI is InChI=1S/C15H12N2OS/c1-11-7-8-14(19-11)9-12(10-16)15(18)17-13-5-3-2-4-6-13/h2-9H,1H3,(H,17,18)/b12-9-. The summed E-state index contributed by atoms with van der Waals surface area (Å²) in [4.78, 5) is 14.0. The van der Waals surface area contributed by atoms with Crippen LogP contribution in [0.3, 0.4) is 0 Å². The molecule has 1 amide bonds. The minimum absolute atomic E-state index is 0.103. The summed E-state index contributed by atoms with van der Waals surface area (Å²) >= 11 is 1.55. The Morgan fingerprint density at radius 3 is 2.58 bits per heavy atom. The van der Waals surface area contributed by atoms with Crippen molar-refractivity contribution in [1.29, 1.82) is 5.26 Å². The first-order valence-corrected chi connectivity index (χ1v) is 6.55. The van der Waals surface area contributed by atoms with Gasteiger partial charge < -0.3 is 5.32 Å². The minimum Gasteiger partial charge on any atom is -0.321 e. The second kappa shape index (κ2) is 5.98. The molecule has 3 nitrogen and oxygen atoms in total. The van der Waals surface area contributed by atoms with Crippen LogP contribution in [-0.4, -0.2) is 5.91 Å². The zero-order valence-electron chi connectivity index (χ0n) is 10.4. The largest absolute Gasteiger partial charge is 0.321 e. The molecule has 0 atom stereocenters. The van der Waals surface area contributed by atoms with Crippen molar-refractivity contribution in [3.8, 4) is 6.07 Å². The van der Waals surface area contributed by atoms with Gasteiger partial charge in [-0.3, -0.25) is 4.79 Å². The number of aryl methyl sites for hydroxylation is 1. The van der Waals surface area contributed by atoms with E-state index in [1.807, 2.05) is 43.3 Å². The molecule has 2 aromatic rings. The van der Waals surface area contributed by atoms with E-state index in [1.54, 1.807) is 29.5 Å². The van der Waals surface area contributed by atoms with Gasteiger partial charge in [0.15, 0.2) is 0 Å². The molecule has 0 aliphatic carbocycles. The second-order valence-corrected chi connectivity index (χ2v) is 5.26. The third-order valence-electron chi connectivity index (χ3n) is 2.44. The topological polar surface area (TPSA) is 52.9 Å². The van der Waals surface area contributed by atoms with Crippen LogP contribution in [0.2, 0.25) is 0 Å². The highest BCUT2D eigenvalue weighted by Gasteiger charge is 2.09. The van der Waals surface area contributed by atoms with Crippen LogP contribution in [0.1, 0.15) is 9.75 Å². The van der Waals surface area contributed by atoms with E-state index < -0.39 is 0 Å². The molecule has 0 spiro atoms. The second-order valence-electron chi connectivity index (χ2n) is 3.94. The molecule has 0 fully saturated rings. The molecule has 0 radical (unpaired) electrons. The molecule has 1 heterocycles. The summed E-state index contributed by atoms with van der Waals surface area (Å²) in [5.41, 5.74) is 0.779. The number of nitrogens with zero attached hydrogens (tertiary/aromatic N) is 1. The van der Waals surface area contributed by atoms with Crippen LogP contribution in [-0.2, 0) is 4.79 Å². The maximum absolute atomic E-state index is 12.0. The van der Waals surface area contributed by atoms with Crippen LogP contribution >= 0.6 is 11.3 Å². The third kappa shape index (κ3) is 3.54. The predicted molar refractivity (Wildman–Crippen MR) is 77.7 cm³/mol. The maximum atomic E-state index is 12.0. The summed E-state index contributed by atoms with van der Waals surface area (Å²) < 4.78 is 0. The van der Waals surface area contributed by atoms with Crippen LogP contribution in [0.15, 0.2) is 48.0 Å². The Labute approximate surface area is 115 Å². The quantitative estimate of drug-likeness (QED) is 0.683. The molecule has 2 rings (SSSR count). The van der Waals surface area contributed by atoms with Gasteiger partial charge in [0.05, 0.1) is 0 Å². The SMILES string of the molecule is Cc1ccc(/C=C(/C#N)C(=O)Nc2ccccc2)s1. The number of nitriles is 1. The first kappa shape index (κ1) is 13.1. The summed E-state index contributed by atoms with van der Waals surface area (Å²) in [6.45, 7) is 1.98. The lowest BCUT2D eigenvalue weighted by atomic mass is 10.2. The van der Waals surface area contributed by atoms with Gasteiger partial charge in [-0.15, -0.1) is 11.3 Å². The average Bonchev–Trinajstić information content (AvgIpc) is 2.82. The number of carbonyl (C=O) groups excluding carboxylic acids is 1. The minimum atomic E-state index is -0.389. The van der Waals surface area contributed by atoms with Gasteiger partial charge in [-0.2, -0.15) is 5.26 Å². The Morgan fingerprint density at radius 2 is 2.00 bits per heavy atom. The van der Waals surface area contributed by atoms with Crippen molar-refractivity contribution >= 4 is 29.0 Å². The van der Waals surface area contributed by atoms with Crippen LogP contribution in [0.5, 0.6) is 0 Å². The van der Waals surface area contributed by atoms with E-state index in [0.717, 1.165) is 9.75 Å². The van der Waals surface area contributed by atoms with E-state index in [9.17, 15) is 4.79 Å². The van der Waals surface area contributed by atoms with Crippen molar-refractivity contribution in [1.82, 2.24) is 0 Å². The molecule has 0 saturated carbocycles. The predicted octanol–water partition coefficient (Wildman–Crippen LogP) is 3.60. The van der Waals surface area contributed by atoms with E-state index in [-0.39, 0.29) is 11.5 Å². The number of thiophene rings is 1. The summed E-state index contributed by atoms with van der Waals surface area (Å²) in [7, 11) is 0. The number of benzene rings is 1. The third-order valence-corrected chi connectivity index (χ3v) is 3.39. The van der Waals surface area contributed by atoms with Gasteiger partial charge in [-0.05, 0) is 37.3 Å². The monoisotopic (exact) mass is 268 g/mol. The van der Waals surface area contributed by atoms with Gasteiger partial charge in [0.1, 0.15) is 11.6 Å². The van der Waals surface area contributed by atoms with Crippen molar-refractivity contribution in [2.45, 2.75) is 6.92 Å². The molecule has 0 unspecified atom stereocenters. The number of para-hydroxylation sites is 1. The fourth-order valence-electron chi connectivity index (χ4n) is 1.54. The van der Waals surface area contributed by atoms with Gasteiger partial charge in [-0.25, -0.2) is 0 Å². The molecule has 0 bridgehead atoms. The zero-order chi connectivity index (χ0) is 13.7. The fraction of sp³-hybridized carbons (Fsp3) is 0.0667. The van der Waals surface area contributed by atoms with E-state index in [4.69, 9.17) is 5.26 Å². The van der Waals surface area contributed by atoms with Crippen LogP contribution in [0, 0.1) is 18.3 Å². The molecule has 94 valence electrons.